The molecule has 3 aromatic rings. The fourth-order valence-electron chi connectivity index (χ4n) is 3.68. The van der Waals surface area contributed by atoms with Gasteiger partial charge in [-0.05, 0) is 43.1 Å². The Morgan fingerprint density at radius 2 is 2.10 bits per heavy atom. The van der Waals surface area contributed by atoms with Crippen LogP contribution in [0.5, 0.6) is 0 Å². The van der Waals surface area contributed by atoms with Crippen LogP contribution in [0.15, 0.2) is 61.2 Å². The Labute approximate surface area is 170 Å². The molecule has 0 saturated carbocycles. The fourth-order valence-corrected chi connectivity index (χ4v) is 3.68. The zero-order chi connectivity index (χ0) is 20.1. The Morgan fingerprint density at radius 1 is 1.17 bits per heavy atom. The number of nitrogen functional groups attached to an aromatic ring is 1. The molecule has 2 aromatic heterocycles. The molecule has 7 heteroatoms. The van der Waals surface area contributed by atoms with Gasteiger partial charge in [-0.1, -0.05) is 18.2 Å². The lowest BCUT2D eigenvalue weighted by Gasteiger charge is -2.35. The zero-order valence-corrected chi connectivity index (χ0v) is 16.2. The van der Waals surface area contributed by atoms with Crippen molar-refractivity contribution in [1.82, 2.24) is 20.3 Å². The lowest BCUT2D eigenvalue weighted by Crippen LogP contribution is -2.49. The summed E-state index contributed by atoms with van der Waals surface area (Å²) in [5.41, 5.74) is 9.05. The second kappa shape index (κ2) is 8.79. The van der Waals surface area contributed by atoms with Gasteiger partial charge in [0.25, 0.3) is 0 Å². The predicted molar refractivity (Wildman–Crippen MR) is 113 cm³/mol. The average molecular weight is 388 g/mol. The van der Waals surface area contributed by atoms with Crippen LogP contribution < -0.4 is 16.0 Å². The lowest BCUT2D eigenvalue weighted by atomic mass is 10.0. The average Bonchev–Trinajstić information content (AvgIpc) is 2.76. The van der Waals surface area contributed by atoms with Crippen LogP contribution in [0.1, 0.15) is 18.4 Å². The molecule has 0 bridgehead atoms. The summed E-state index contributed by atoms with van der Waals surface area (Å²) in [4.78, 5) is 27.9. The van der Waals surface area contributed by atoms with E-state index in [2.05, 4.69) is 20.3 Å². The number of nitrogens with zero attached hydrogens (tertiary/aromatic N) is 4. The van der Waals surface area contributed by atoms with E-state index in [9.17, 15) is 4.79 Å². The van der Waals surface area contributed by atoms with Crippen molar-refractivity contribution < 1.29 is 4.79 Å². The van der Waals surface area contributed by atoms with Gasteiger partial charge in [-0.2, -0.15) is 0 Å². The Morgan fingerprint density at radius 3 is 2.83 bits per heavy atom. The van der Waals surface area contributed by atoms with Crippen molar-refractivity contribution in [2.45, 2.75) is 25.3 Å². The third-order valence-corrected chi connectivity index (χ3v) is 5.07. The van der Waals surface area contributed by atoms with Crippen LogP contribution in [0.3, 0.4) is 0 Å². The van der Waals surface area contributed by atoms with Gasteiger partial charge in [0.05, 0.1) is 24.5 Å². The molecule has 0 aliphatic carbocycles. The summed E-state index contributed by atoms with van der Waals surface area (Å²) in [7, 11) is 0. The van der Waals surface area contributed by atoms with Crippen LogP contribution in [0, 0.1) is 0 Å². The minimum atomic E-state index is 0.0623. The summed E-state index contributed by atoms with van der Waals surface area (Å²) in [5.74, 6) is 0.443. The zero-order valence-electron chi connectivity index (χ0n) is 16.2. The Balaban J connectivity index is 1.66. The SMILES string of the molecule is Nc1cnc(-c2cccc(N(C(=O)Cc3cccnc3)[C@H]3CCCNC3)c2)cn1. The predicted octanol–water partition coefficient (Wildman–Crippen LogP) is 2.45. The van der Waals surface area contributed by atoms with Gasteiger partial charge >= 0.3 is 0 Å². The number of benzene rings is 1. The quantitative estimate of drug-likeness (QED) is 0.697. The van der Waals surface area contributed by atoms with Crippen LogP contribution in [0.25, 0.3) is 11.3 Å². The van der Waals surface area contributed by atoms with Gasteiger partial charge in [0.2, 0.25) is 5.91 Å². The smallest absolute Gasteiger partial charge is 0.231 e. The highest BCUT2D eigenvalue weighted by Gasteiger charge is 2.27. The van der Waals surface area contributed by atoms with Crippen molar-refractivity contribution in [3.05, 3.63) is 66.7 Å². The van der Waals surface area contributed by atoms with E-state index in [-0.39, 0.29) is 11.9 Å². The van der Waals surface area contributed by atoms with E-state index in [1.165, 1.54) is 0 Å². The molecule has 1 saturated heterocycles. The summed E-state index contributed by atoms with van der Waals surface area (Å²) in [5, 5.41) is 3.41. The molecule has 1 atom stereocenters. The van der Waals surface area contributed by atoms with Gasteiger partial charge < -0.3 is 16.0 Å². The number of pyridine rings is 1. The number of amides is 1. The number of piperidine rings is 1. The fraction of sp³-hybridized carbons (Fsp3) is 0.273. The number of carbonyl (C=O) groups excluding carboxylic acids is 1. The molecular weight excluding hydrogens is 364 g/mol. The Bertz CT molecular complexity index is 955. The number of hydrogen-bond acceptors (Lipinski definition) is 6. The van der Waals surface area contributed by atoms with Crippen LogP contribution in [0.2, 0.25) is 0 Å². The van der Waals surface area contributed by atoms with Crippen LogP contribution in [-0.2, 0) is 11.2 Å². The van der Waals surface area contributed by atoms with Crippen molar-refractivity contribution >= 4 is 17.4 Å². The van der Waals surface area contributed by atoms with Crippen molar-refractivity contribution in [3.63, 3.8) is 0 Å². The molecular formula is C22H24N6O. The van der Waals surface area contributed by atoms with Crippen LogP contribution in [-0.4, -0.2) is 40.0 Å². The first kappa shape index (κ1) is 19.0. The van der Waals surface area contributed by atoms with Gasteiger partial charge in [-0.3, -0.25) is 14.8 Å². The summed E-state index contributed by atoms with van der Waals surface area (Å²) in [6.07, 6.45) is 8.98. The highest BCUT2D eigenvalue weighted by molar-refractivity contribution is 5.96. The first-order valence-electron chi connectivity index (χ1n) is 9.80. The molecule has 1 aliphatic rings. The molecule has 1 aromatic carbocycles. The maximum absolute atomic E-state index is 13.3. The third kappa shape index (κ3) is 4.57. The molecule has 3 N–H and O–H groups in total. The number of rotatable bonds is 5. The molecule has 1 aliphatic heterocycles. The van der Waals surface area contributed by atoms with E-state index in [0.29, 0.717) is 12.2 Å². The van der Waals surface area contributed by atoms with Crippen molar-refractivity contribution in [3.8, 4) is 11.3 Å². The van der Waals surface area contributed by atoms with Crippen molar-refractivity contribution in [2.75, 3.05) is 23.7 Å². The van der Waals surface area contributed by atoms with Gasteiger partial charge in [0.1, 0.15) is 5.82 Å². The van der Waals surface area contributed by atoms with Crippen LogP contribution >= 0.6 is 0 Å². The van der Waals surface area contributed by atoms with E-state index >= 15 is 0 Å². The minimum absolute atomic E-state index is 0.0623. The van der Waals surface area contributed by atoms with E-state index in [1.54, 1.807) is 24.8 Å². The monoisotopic (exact) mass is 388 g/mol. The molecule has 3 heterocycles. The highest BCUT2D eigenvalue weighted by Crippen LogP contribution is 2.27. The molecule has 1 amide bonds. The largest absolute Gasteiger partial charge is 0.382 e. The van der Waals surface area contributed by atoms with Gasteiger partial charge in [0, 0.05) is 36.2 Å². The number of carbonyl (C=O) groups is 1. The first-order valence-corrected chi connectivity index (χ1v) is 9.80. The molecule has 148 valence electrons. The number of aromatic nitrogens is 3. The normalized spacial score (nSPS) is 16.3. The second-order valence-electron chi connectivity index (χ2n) is 7.18. The molecule has 0 radical (unpaired) electrons. The molecule has 4 rings (SSSR count). The van der Waals surface area contributed by atoms with E-state index in [0.717, 1.165) is 48.4 Å². The summed E-state index contributed by atoms with van der Waals surface area (Å²) in [6.45, 7) is 1.77. The summed E-state index contributed by atoms with van der Waals surface area (Å²) < 4.78 is 0. The van der Waals surface area contributed by atoms with E-state index in [1.807, 2.05) is 41.3 Å². The number of hydrogen-bond donors (Lipinski definition) is 2. The molecule has 0 unspecified atom stereocenters. The van der Waals surface area contributed by atoms with Gasteiger partial charge in [-0.25, -0.2) is 4.98 Å². The van der Waals surface area contributed by atoms with Crippen molar-refractivity contribution in [2.24, 2.45) is 0 Å². The third-order valence-electron chi connectivity index (χ3n) is 5.07. The number of anilines is 2. The first-order chi connectivity index (χ1) is 14.2. The topological polar surface area (TPSA) is 97.0 Å². The maximum Gasteiger partial charge on any atom is 0.231 e. The Hall–Kier alpha value is -3.32. The highest BCUT2D eigenvalue weighted by atomic mass is 16.2. The number of nitrogens with one attached hydrogen (secondary N) is 1. The minimum Gasteiger partial charge on any atom is -0.382 e. The second-order valence-corrected chi connectivity index (χ2v) is 7.18. The standard InChI is InChI=1S/C22H24N6O/c23-21-15-26-20(14-27-21)17-5-1-6-18(11-17)28(19-7-3-9-25-13-19)22(29)10-16-4-2-8-24-12-16/h1-2,4-6,8,11-12,14-15,19,25H,3,7,9-10,13H2,(H2,23,27)/t19-/m0/s1. The van der Waals surface area contributed by atoms with Gasteiger partial charge in [-0.15, -0.1) is 0 Å². The van der Waals surface area contributed by atoms with E-state index in [4.69, 9.17) is 5.73 Å². The lowest BCUT2D eigenvalue weighted by molar-refractivity contribution is -0.118. The molecule has 1 fully saturated rings. The maximum atomic E-state index is 13.3. The summed E-state index contributed by atoms with van der Waals surface area (Å²) in [6, 6.07) is 11.8. The van der Waals surface area contributed by atoms with Crippen LogP contribution in [0.4, 0.5) is 11.5 Å². The molecule has 0 spiro atoms. The van der Waals surface area contributed by atoms with Gasteiger partial charge in [0.15, 0.2) is 0 Å². The Kier molecular flexibility index (Phi) is 5.76. The molecule has 29 heavy (non-hydrogen) atoms. The number of nitrogens with two attached hydrogens (primary N) is 1. The summed E-state index contributed by atoms with van der Waals surface area (Å²) >= 11 is 0. The van der Waals surface area contributed by atoms with E-state index < -0.39 is 0 Å². The van der Waals surface area contributed by atoms with Crippen molar-refractivity contribution in [1.29, 1.82) is 0 Å². The molecule has 7 nitrogen and oxygen atoms in total.